The number of carbonyl (C=O) groups is 2. The summed E-state index contributed by atoms with van der Waals surface area (Å²) in [6, 6.07) is 3.63. The van der Waals surface area contributed by atoms with Gasteiger partial charge in [0.15, 0.2) is 5.76 Å². The smallest absolute Gasteiger partial charge is 0.289 e. The molecule has 138 valence electrons. The molecule has 1 aliphatic heterocycles. The van der Waals surface area contributed by atoms with E-state index in [4.69, 9.17) is 4.42 Å². The molecule has 1 atom stereocenters. The van der Waals surface area contributed by atoms with E-state index in [2.05, 4.69) is 29.1 Å². The van der Waals surface area contributed by atoms with Crippen molar-refractivity contribution in [3.63, 3.8) is 0 Å². The molecule has 1 aliphatic rings. The van der Waals surface area contributed by atoms with Gasteiger partial charge in [-0.05, 0) is 25.5 Å². The molecule has 3 heterocycles. The van der Waals surface area contributed by atoms with Crippen molar-refractivity contribution in [2.45, 2.75) is 26.3 Å². The van der Waals surface area contributed by atoms with E-state index in [-0.39, 0.29) is 11.8 Å². The highest BCUT2D eigenvalue weighted by molar-refractivity contribution is 5.93. The van der Waals surface area contributed by atoms with E-state index >= 15 is 0 Å². The van der Waals surface area contributed by atoms with Crippen LogP contribution >= 0.6 is 0 Å². The molecule has 2 amide bonds. The normalized spacial score (nSPS) is 15.6. The molecule has 3 rings (SSSR count). The summed E-state index contributed by atoms with van der Waals surface area (Å²) in [5, 5.41) is 3.22. The Hall–Kier alpha value is -2.90. The van der Waals surface area contributed by atoms with Crippen LogP contribution < -0.4 is 5.32 Å². The third-order valence-corrected chi connectivity index (χ3v) is 4.46. The Labute approximate surface area is 152 Å². The van der Waals surface area contributed by atoms with Crippen molar-refractivity contribution in [3.05, 3.63) is 42.2 Å². The predicted octanol–water partition coefficient (Wildman–Crippen LogP) is 1.88. The summed E-state index contributed by atoms with van der Waals surface area (Å²) in [6.45, 7) is 5.99. The zero-order chi connectivity index (χ0) is 18.5. The Morgan fingerprint density at radius 2 is 1.85 bits per heavy atom. The largest absolute Gasteiger partial charge is 0.459 e. The van der Waals surface area contributed by atoms with E-state index < -0.39 is 0 Å². The van der Waals surface area contributed by atoms with Crippen LogP contribution in [0.2, 0.25) is 0 Å². The topological polar surface area (TPSA) is 91.6 Å². The van der Waals surface area contributed by atoms with Gasteiger partial charge in [-0.25, -0.2) is 9.97 Å². The van der Waals surface area contributed by atoms with E-state index in [1.54, 1.807) is 28.1 Å². The van der Waals surface area contributed by atoms with Gasteiger partial charge in [0.25, 0.3) is 11.8 Å². The van der Waals surface area contributed by atoms with Gasteiger partial charge < -0.3 is 19.5 Å². The van der Waals surface area contributed by atoms with Crippen molar-refractivity contribution >= 4 is 17.6 Å². The van der Waals surface area contributed by atoms with Gasteiger partial charge in [0, 0.05) is 32.2 Å². The highest BCUT2D eigenvalue weighted by Crippen LogP contribution is 2.12. The highest BCUT2D eigenvalue weighted by atomic mass is 16.3. The second-order valence-corrected chi connectivity index (χ2v) is 6.30. The van der Waals surface area contributed by atoms with Crippen molar-refractivity contribution in [1.29, 1.82) is 0 Å². The lowest BCUT2D eigenvalue weighted by Crippen LogP contribution is -2.50. The van der Waals surface area contributed by atoms with Crippen LogP contribution in [-0.4, -0.2) is 63.8 Å². The number of piperazine rings is 1. The molecular formula is C18H23N5O3. The number of nitrogens with zero attached hydrogens (tertiary/aromatic N) is 4. The second-order valence-electron chi connectivity index (χ2n) is 6.30. The molecule has 8 heteroatoms. The number of amides is 2. The Bertz CT molecular complexity index is 737. The average Bonchev–Trinajstić information content (AvgIpc) is 3.22. The lowest BCUT2D eigenvalue weighted by molar-refractivity contribution is 0.0515. The highest BCUT2D eigenvalue weighted by Gasteiger charge is 2.27. The van der Waals surface area contributed by atoms with Crippen LogP contribution in [0, 0.1) is 0 Å². The molecule has 1 unspecified atom stereocenters. The van der Waals surface area contributed by atoms with Crippen LogP contribution in [0.15, 0.2) is 35.2 Å². The zero-order valence-electron chi connectivity index (χ0n) is 15.0. The molecule has 0 aliphatic carbocycles. The van der Waals surface area contributed by atoms with Gasteiger partial charge in [-0.1, -0.05) is 6.92 Å². The molecule has 0 radical (unpaired) electrons. The van der Waals surface area contributed by atoms with Crippen LogP contribution in [0.1, 0.15) is 41.3 Å². The molecule has 1 saturated heterocycles. The third kappa shape index (κ3) is 4.01. The standard InChI is InChI=1S/C18H23N5O3/c1-3-13(2)21-16-12-19-14(11-20-16)17(24)22-6-8-23(9-7-22)18(25)15-5-4-10-26-15/h4-5,10-13H,3,6-9H2,1-2H3,(H,20,21). The van der Waals surface area contributed by atoms with E-state index in [0.717, 1.165) is 6.42 Å². The number of anilines is 1. The van der Waals surface area contributed by atoms with E-state index in [1.165, 1.54) is 12.5 Å². The lowest BCUT2D eigenvalue weighted by Gasteiger charge is -2.34. The first kappa shape index (κ1) is 17.9. The third-order valence-electron chi connectivity index (χ3n) is 4.46. The minimum Gasteiger partial charge on any atom is -0.459 e. The fourth-order valence-corrected chi connectivity index (χ4v) is 2.70. The monoisotopic (exact) mass is 357 g/mol. The molecular weight excluding hydrogens is 334 g/mol. The number of aromatic nitrogens is 2. The van der Waals surface area contributed by atoms with Gasteiger partial charge in [0.2, 0.25) is 0 Å². The fourth-order valence-electron chi connectivity index (χ4n) is 2.70. The number of rotatable bonds is 5. The van der Waals surface area contributed by atoms with E-state index in [9.17, 15) is 9.59 Å². The molecule has 0 spiro atoms. The van der Waals surface area contributed by atoms with Crippen LogP contribution in [0.4, 0.5) is 5.82 Å². The maximum atomic E-state index is 12.6. The van der Waals surface area contributed by atoms with Crippen molar-refractivity contribution in [3.8, 4) is 0 Å². The summed E-state index contributed by atoms with van der Waals surface area (Å²) < 4.78 is 5.14. The molecule has 8 nitrogen and oxygen atoms in total. The zero-order valence-corrected chi connectivity index (χ0v) is 15.0. The van der Waals surface area contributed by atoms with Crippen LogP contribution in [0.5, 0.6) is 0 Å². The number of furan rings is 1. The summed E-state index contributed by atoms with van der Waals surface area (Å²) in [4.78, 5) is 36.7. The second kappa shape index (κ2) is 7.99. The molecule has 0 bridgehead atoms. The maximum Gasteiger partial charge on any atom is 0.289 e. The molecule has 2 aromatic heterocycles. The van der Waals surface area contributed by atoms with E-state index in [0.29, 0.717) is 49.5 Å². The Morgan fingerprint density at radius 1 is 1.15 bits per heavy atom. The molecule has 0 aromatic carbocycles. The number of hydrogen-bond donors (Lipinski definition) is 1. The van der Waals surface area contributed by atoms with Gasteiger partial charge in [0.1, 0.15) is 11.5 Å². The van der Waals surface area contributed by atoms with Crippen molar-refractivity contribution in [2.24, 2.45) is 0 Å². The summed E-state index contributed by atoms with van der Waals surface area (Å²) in [6.07, 6.45) is 5.53. The predicted molar refractivity (Wildman–Crippen MR) is 95.9 cm³/mol. The van der Waals surface area contributed by atoms with Gasteiger partial charge >= 0.3 is 0 Å². The van der Waals surface area contributed by atoms with Gasteiger partial charge in [-0.15, -0.1) is 0 Å². The summed E-state index contributed by atoms with van der Waals surface area (Å²) in [7, 11) is 0. The van der Waals surface area contributed by atoms with Crippen LogP contribution in [0.25, 0.3) is 0 Å². The first-order valence-corrected chi connectivity index (χ1v) is 8.79. The van der Waals surface area contributed by atoms with E-state index in [1.807, 2.05) is 0 Å². The molecule has 0 saturated carbocycles. The average molecular weight is 357 g/mol. The quantitative estimate of drug-likeness (QED) is 0.878. The van der Waals surface area contributed by atoms with Crippen molar-refractivity contribution in [1.82, 2.24) is 19.8 Å². The lowest BCUT2D eigenvalue weighted by atomic mass is 10.2. The minimum absolute atomic E-state index is 0.151. The first-order chi connectivity index (χ1) is 12.6. The molecule has 2 aromatic rings. The Balaban J connectivity index is 1.55. The summed E-state index contributed by atoms with van der Waals surface area (Å²) in [5.74, 6) is 0.657. The Morgan fingerprint density at radius 3 is 2.38 bits per heavy atom. The summed E-state index contributed by atoms with van der Waals surface area (Å²) >= 11 is 0. The number of carbonyl (C=O) groups excluding carboxylic acids is 2. The van der Waals surface area contributed by atoms with Crippen LogP contribution in [0.3, 0.4) is 0 Å². The fraction of sp³-hybridized carbons (Fsp3) is 0.444. The SMILES string of the molecule is CCC(C)Nc1cnc(C(=O)N2CCN(C(=O)c3ccco3)CC2)cn1. The first-order valence-electron chi connectivity index (χ1n) is 8.79. The number of hydrogen-bond acceptors (Lipinski definition) is 6. The summed E-state index contributed by atoms with van der Waals surface area (Å²) in [5.41, 5.74) is 0.311. The minimum atomic E-state index is -0.169. The Kier molecular flexibility index (Phi) is 5.50. The van der Waals surface area contributed by atoms with Crippen LogP contribution in [-0.2, 0) is 0 Å². The van der Waals surface area contributed by atoms with Crippen molar-refractivity contribution < 1.29 is 14.0 Å². The van der Waals surface area contributed by atoms with Crippen molar-refractivity contribution in [2.75, 3.05) is 31.5 Å². The van der Waals surface area contributed by atoms with Gasteiger partial charge in [-0.2, -0.15) is 0 Å². The molecule has 1 N–H and O–H groups in total. The number of nitrogens with one attached hydrogen (secondary N) is 1. The van der Waals surface area contributed by atoms with Gasteiger partial charge in [-0.3, -0.25) is 9.59 Å². The van der Waals surface area contributed by atoms with Gasteiger partial charge in [0.05, 0.1) is 18.7 Å². The molecule has 26 heavy (non-hydrogen) atoms. The molecule has 1 fully saturated rings. The maximum absolute atomic E-state index is 12.6.